The van der Waals surface area contributed by atoms with Gasteiger partial charge in [-0.3, -0.25) is 0 Å². The van der Waals surface area contributed by atoms with E-state index in [1.54, 1.807) is 7.11 Å². The Balaban J connectivity index is 1.38. The lowest BCUT2D eigenvalue weighted by atomic mass is 9.96. The number of aryl methyl sites for hydroxylation is 3. The highest BCUT2D eigenvalue weighted by Gasteiger charge is 2.10. The molecule has 0 fully saturated rings. The van der Waals surface area contributed by atoms with E-state index in [2.05, 4.69) is 43.3 Å². The van der Waals surface area contributed by atoms with Crippen molar-refractivity contribution < 1.29 is 9.13 Å². The van der Waals surface area contributed by atoms with E-state index in [-0.39, 0.29) is 5.82 Å². The van der Waals surface area contributed by atoms with Crippen LogP contribution in [0.3, 0.4) is 0 Å². The normalized spacial score (nSPS) is 11.1. The van der Waals surface area contributed by atoms with Crippen LogP contribution in [0.4, 0.5) is 4.39 Å². The first-order valence-electron chi connectivity index (χ1n) is 12.6. The van der Waals surface area contributed by atoms with Crippen LogP contribution in [0.2, 0.25) is 0 Å². The Bertz CT molecular complexity index is 1190. The molecule has 0 aliphatic rings. The van der Waals surface area contributed by atoms with Crippen molar-refractivity contribution in [2.45, 2.75) is 58.3 Å². The molecule has 0 aliphatic heterocycles. The SMILES string of the molecule is CCCCCCCc1ccc(CCc2ccc3c(F)c(-c4ccc(OC)cc4)ccc3c2)cc1. The zero-order valence-electron chi connectivity index (χ0n) is 20.4. The zero-order chi connectivity index (χ0) is 23.8. The molecular formula is C32H35FO. The van der Waals surface area contributed by atoms with Crippen LogP contribution in [0.1, 0.15) is 55.7 Å². The number of rotatable bonds is 11. The molecule has 0 unspecified atom stereocenters. The van der Waals surface area contributed by atoms with Crippen molar-refractivity contribution in [3.8, 4) is 16.9 Å². The lowest BCUT2D eigenvalue weighted by molar-refractivity contribution is 0.415. The molecule has 0 radical (unpaired) electrons. The second-order valence-corrected chi connectivity index (χ2v) is 9.19. The van der Waals surface area contributed by atoms with Gasteiger partial charge in [0.1, 0.15) is 11.6 Å². The molecule has 0 N–H and O–H groups in total. The van der Waals surface area contributed by atoms with Crippen LogP contribution < -0.4 is 4.74 Å². The average molecular weight is 455 g/mol. The number of halogens is 1. The second kappa shape index (κ2) is 11.8. The predicted molar refractivity (Wildman–Crippen MR) is 142 cm³/mol. The molecule has 0 aliphatic carbocycles. The second-order valence-electron chi connectivity index (χ2n) is 9.19. The average Bonchev–Trinajstić information content (AvgIpc) is 2.88. The third-order valence-corrected chi connectivity index (χ3v) is 6.71. The minimum atomic E-state index is -0.167. The minimum Gasteiger partial charge on any atom is -0.497 e. The van der Waals surface area contributed by atoms with Gasteiger partial charge < -0.3 is 4.74 Å². The van der Waals surface area contributed by atoms with E-state index in [4.69, 9.17) is 4.74 Å². The van der Waals surface area contributed by atoms with Crippen LogP contribution in [0, 0.1) is 5.82 Å². The summed E-state index contributed by atoms with van der Waals surface area (Å²) in [6.07, 6.45) is 9.75. The van der Waals surface area contributed by atoms with E-state index in [0.717, 1.165) is 29.5 Å². The third-order valence-electron chi connectivity index (χ3n) is 6.71. The van der Waals surface area contributed by atoms with Gasteiger partial charge in [0.05, 0.1) is 7.11 Å². The maximum absolute atomic E-state index is 15.3. The maximum atomic E-state index is 15.3. The molecule has 0 aromatic heterocycles. The summed E-state index contributed by atoms with van der Waals surface area (Å²) < 4.78 is 20.5. The van der Waals surface area contributed by atoms with Gasteiger partial charge in [-0.1, -0.05) is 99.3 Å². The van der Waals surface area contributed by atoms with Gasteiger partial charge in [0.25, 0.3) is 0 Å². The quantitative estimate of drug-likeness (QED) is 0.206. The van der Waals surface area contributed by atoms with Crippen LogP contribution >= 0.6 is 0 Å². The molecule has 0 bridgehead atoms. The summed E-state index contributed by atoms with van der Waals surface area (Å²) in [6.45, 7) is 2.26. The van der Waals surface area contributed by atoms with Gasteiger partial charge in [0.2, 0.25) is 0 Å². The molecule has 4 rings (SSSR count). The fourth-order valence-corrected chi connectivity index (χ4v) is 4.58. The molecular weight excluding hydrogens is 419 g/mol. The fraction of sp³-hybridized carbons (Fsp3) is 0.312. The molecule has 0 amide bonds. The first kappa shape index (κ1) is 24.0. The zero-order valence-corrected chi connectivity index (χ0v) is 20.4. The molecule has 4 aromatic rings. The Hall–Kier alpha value is -3.13. The number of fused-ring (bicyclic) bond motifs is 1. The van der Waals surface area contributed by atoms with Crippen molar-refractivity contribution in [3.63, 3.8) is 0 Å². The van der Waals surface area contributed by atoms with Gasteiger partial charge >= 0.3 is 0 Å². The molecule has 34 heavy (non-hydrogen) atoms. The minimum absolute atomic E-state index is 0.167. The number of ether oxygens (including phenoxy) is 1. The summed E-state index contributed by atoms with van der Waals surface area (Å²) in [5.74, 6) is 0.603. The Morgan fingerprint density at radius 2 is 1.29 bits per heavy atom. The topological polar surface area (TPSA) is 9.23 Å². The Kier molecular flexibility index (Phi) is 8.36. The number of benzene rings is 4. The van der Waals surface area contributed by atoms with E-state index >= 15 is 4.39 Å². The number of hydrogen-bond donors (Lipinski definition) is 0. The number of hydrogen-bond acceptors (Lipinski definition) is 1. The highest BCUT2D eigenvalue weighted by atomic mass is 19.1. The standard InChI is InChI=1S/C32H35FO/c1-3-4-5-6-7-8-24-9-11-25(12-10-24)13-14-26-15-21-31-28(23-26)18-22-30(32(31)33)27-16-19-29(34-2)20-17-27/h9-12,15-23H,3-8,13-14H2,1-2H3. The van der Waals surface area contributed by atoms with Gasteiger partial charge in [-0.15, -0.1) is 0 Å². The smallest absolute Gasteiger partial charge is 0.138 e. The van der Waals surface area contributed by atoms with Crippen molar-refractivity contribution in [3.05, 3.63) is 101 Å². The summed E-state index contributed by atoms with van der Waals surface area (Å²) in [5, 5.41) is 1.62. The summed E-state index contributed by atoms with van der Waals surface area (Å²) in [5.41, 5.74) is 5.51. The largest absolute Gasteiger partial charge is 0.497 e. The summed E-state index contributed by atoms with van der Waals surface area (Å²) >= 11 is 0. The van der Waals surface area contributed by atoms with Gasteiger partial charge in [-0.2, -0.15) is 0 Å². The number of methoxy groups -OCH3 is 1. The third kappa shape index (κ3) is 6.05. The molecule has 0 spiro atoms. The van der Waals surface area contributed by atoms with E-state index < -0.39 is 0 Å². The van der Waals surface area contributed by atoms with Crippen LogP contribution in [0.25, 0.3) is 21.9 Å². The molecule has 1 nitrogen and oxygen atoms in total. The lowest BCUT2D eigenvalue weighted by Crippen LogP contribution is -1.94. The van der Waals surface area contributed by atoms with Crippen molar-refractivity contribution >= 4 is 10.8 Å². The molecule has 0 saturated heterocycles. The maximum Gasteiger partial charge on any atom is 0.138 e. The summed E-state index contributed by atoms with van der Waals surface area (Å²) in [4.78, 5) is 0. The van der Waals surface area contributed by atoms with Gasteiger partial charge in [0, 0.05) is 10.9 Å². The van der Waals surface area contributed by atoms with Crippen LogP contribution in [-0.2, 0) is 19.3 Å². The Morgan fingerprint density at radius 1 is 0.647 bits per heavy atom. The lowest BCUT2D eigenvalue weighted by Gasteiger charge is -2.10. The van der Waals surface area contributed by atoms with Gasteiger partial charge in [-0.05, 0) is 65.5 Å². The number of unbranched alkanes of at least 4 members (excludes halogenated alkanes) is 4. The van der Waals surface area contributed by atoms with Crippen molar-refractivity contribution in [1.29, 1.82) is 0 Å². The van der Waals surface area contributed by atoms with E-state index in [9.17, 15) is 0 Å². The molecule has 2 heteroatoms. The first-order chi connectivity index (χ1) is 16.7. The van der Waals surface area contributed by atoms with Crippen molar-refractivity contribution in [2.24, 2.45) is 0 Å². The van der Waals surface area contributed by atoms with Crippen LogP contribution in [-0.4, -0.2) is 7.11 Å². The summed E-state index contributed by atoms with van der Waals surface area (Å²) in [7, 11) is 1.63. The molecule has 0 saturated carbocycles. The predicted octanol–water partition coefficient (Wildman–Crippen LogP) is 8.95. The van der Waals surface area contributed by atoms with Crippen molar-refractivity contribution in [1.82, 2.24) is 0 Å². The highest BCUT2D eigenvalue weighted by molar-refractivity contribution is 5.88. The van der Waals surface area contributed by atoms with Gasteiger partial charge in [0.15, 0.2) is 0 Å². The molecule has 0 atom stereocenters. The van der Waals surface area contributed by atoms with E-state index in [0.29, 0.717) is 10.9 Å². The molecule has 0 heterocycles. The monoisotopic (exact) mass is 454 g/mol. The molecule has 176 valence electrons. The van der Waals surface area contributed by atoms with Crippen LogP contribution in [0.15, 0.2) is 78.9 Å². The first-order valence-corrected chi connectivity index (χ1v) is 12.6. The van der Waals surface area contributed by atoms with Crippen LogP contribution in [0.5, 0.6) is 5.75 Å². The van der Waals surface area contributed by atoms with Gasteiger partial charge in [-0.25, -0.2) is 4.39 Å². The van der Waals surface area contributed by atoms with Crippen molar-refractivity contribution in [2.75, 3.05) is 7.11 Å². The highest BCUT2D eigenvalue weighted by Crippen LogP contribution is 2.30. The van der Waals surface area contributed by atoms with E-state index in [1.807, 2.05) is 42.5 Å². The Morgan fingerprint density at radius 3 is 2.00 bits per heavy atom. The summed E-state index contributed by atoms with van der Waals surface area (Å²) in [6, 6.07) is 26.6. The van der Waals surface area contributed by atoms with E-state index in [1.165, 1.54) is 55.2 Å². The molecule has 4 aromatic carbocycles. The fourth-order valence-electron chi connectivity index (χ4n) is 4.58. The Labute approximate surface area is 203 Å².